The highest BCUT2D eigenvalue weighted by Crippen LogP contribution is 2.28. The van der Waals surface area contributed by atoms with Crippen LogP contribution in [0.15, 0.2) is 27.6 Å². The predicted octanol–water partition coefficient (Wildman–Crippen LogP) is 2.00. The summed E-state index contributed by atoms with van der Waals surface area (Å²) in [5.74, 6) is -0.475. The van der Waals surface area contributed by atoms with Gasteiger partial charge in [0.05, 0.1) is 11.0 Å². The Bertz CT molecular complexity index is 549. The molecule has 1 aromatic carbocycles. The van der Waals surface area contributed by atoms with Gasteiger partial charge in [-0.25, -0.2) is 12.8 Å². The zero-order valence-corrected chi connectivity index (χ0v) is 12.2. The first-order valence-corrected chi connectivity index (χ1v) is 7.66. The Hall–Kier alpha value is -0.500. The molecular formula is C11H13BrFNO3S. The molecule has 0 aliphatic carbocycles. The lowest BCUT2D eigenvalue weighted by molar-refractivity contribution is 0.115. The van der Waals surface area contributed by atoms with Gasteiger partial charge < -0.3 is 4.74 Å². The largest absolute Gasteiger partial charge is 0.380 e. The van der Waals surface area contributed by atoms with Crippen LogP contribution in [0.1, 0.15) is 6.42 Å². The molecule has 0 radical (unpaired) electrons. The van der Waals surface area contributed by atoms with Gasteiger partial charge in [-0.3, -0.25) is 0 Å². The van der Waals surface area contributed by atoms with Crippen molar-refractivity contribution in [2.75, 3.05) is 20.2 Å². The Morgan fingerprint density at radius 1 is 1.50 bits per heavy atom. The van der Waals surface area contributed by atoms with Crippen LogP contribution in [0.3, 0.4) is 0 Å². The van der Waals surface area contributed by atoms with E-state index in [0.29, 0.717) is 19.5 Å². The second kappa shape index (κ2) is 5.24. The Morgan fingerprint density at radius 3 is 2.78 bits per heavy atom. The molecule has 1 atom stereocenters. The molecular weight excluding hydrogens is 325 g/mol. The zero-order valence-electron chi connectivity index (χ0n) is 9.77. The molecule has 1 aliphatic heterocycles. The second-order valence-electron chi connectivity index (χ2n) is 4.08. The van der Waals surface area contributed by atoms with Crippen LogP contribution < -0.4 is 0 Å². The lowest BCUT2D eigenvalue weighted by Gasteiger charge is -2.17. The smallest absolute Gasteiger partial charge is 0.244 e. The maximum atomic E-state index is 13.0. The third-order valence-corrected chi connectivity index (χ3v) is 5.79. The summed E-state index contributed by atoms with van der Waals surface area (Å²) in [5.41, 5.74) is 0. The summed E-state index contributed by atoms with van der Waals surface area (Å²) >= 11 is 3.09. The molecule has 7 heteroatoms. The summed E-state index contributed by atoms with van der Waals surface area (Å²) in [5, 5.41) is 0. The topological polar surface area (TPSA) is 46.6 Å². The van der Waals surface area contributed by atoms with Crippen LogP contribution in [-0.2, 0) is 14.8 Å². The zero-order chi connectivity index (χ0) is 13.3. The molecule has 0 saturated carbocycles. The number of sulfonamides is 1. The van der Waals surface area contributed by atoms with Crippen molar-refractivity contribution in [2.24, 2.45) is 0 Å². The van der Waals surface area contributed by atoms with Crippen molar-refractivity contribution in [3.05, 3.63) is 28.5 Å². The van der Waals surface area contributed by atoms with E-state index in [2.05, 4.69) is 15.9 Å². The fraction of sp³-hybridized carbons (Fsp3) is 0.455. The van der Waals surface area contributed by atoms with Gasteiger partial charge in [-0.1, -0.05) is 0 Å². The fourth-order valence-electron chi connectivity index (χ4n) is 1.93. The molecule has 1 aromatic rings. The summed E-state index contributed by atoms with van der Waals surface area (Å²) < 4.78 is 44.4. The normalized spacial score (nSPS) is 21.4. The van der Waals surface area contributed by atoms with Gasteiger partial charge >= 0.3 is 0 Å². The average molecular weight is 338 g/mol. The molecule has 100 valence electrons. The first-order chi connectivity index (χ1) is 8.45. The van der Waals surface area contributed by atoms with Crippen LogP contribution in [-0.4, -0.2) is 39.0 Å². The quantitative estimate of drug-likeness (QED) is 0.847. The minimum atomic E-state index is -3.59. The number of halogens is 2. The number of rotatable bonds is 3. The monoisotopic (exact) mass is 337 g/mol. The molecule has 0 spiro atoms. The molecule has 0 N–H and O–H groups in total. The van der Waals surface area contributed by atoms with Crippen molar-refractivity contribution in [1.29, 1.82) is 0 Å². The lowest BCUT2D eigenvalue weighted by Crippen LogP contribution is -2.30. The van der Waals surface area contributed by atoms with E-state index in [-0.39, 0.29) is 15.5 Å². The van der Waals surface area contributed by atoms with E-state index in [1.165, 1.54) is 10.4 Å². The van der Waals surface area contributed by atoms with Crippen molar-refractivity contribution in [2.45, 2.75) is 17.4 Å². The number of benzene rings is 1. The third kappa shape index (κ3) is 2.59. The second-order valence-corrected chi connectivity index (χ2v) is 6.84. The molecule has 1 saturated heterocycles. The van der Waals surface area contributed by atoms with E-state index in [1.807, 2.05) is 0 Å². The molecule has 1 unspecified atom stereocenters. The Kier molecular flexibility index (Phi) is 4.05. The molecule has 0 bridgehead atoms. The van der Waals surface area contributed by atoms with Crippen LogP contribution in [0.5, 0.6) is 0 Å². The van der Waals surface area contributed by atoms with Crippen LogP contribution in [0.4, 0.5) is 4.39 Å². The van der Waals surface area contributed by atoms with Crippen LogP contribution >= 0.6 is 15.9 Å². The summed E-state index contributed by atoms with van der Waals surface area (Å²) in [6, 6.07) is 3.56. The maximum absolute atomic E-state index is 13.0. The number of hydrogen-bond donors (Lipinski definition) is 0. The number of nitrogens with zero attached hydrogens (tertiary/aromatic N) is 1. The van der Waals surface area contributed by atoms with Crippen molar-refractivity contribution < 1.29 is 17.5 Å². The molecule has 1 heterocycles. The van der Waals surface area contributed by atoms with Crippen LogP contribution in [0, 0.1) is 5.82 Å². The fourth-order valence-corrected chi connectivity index (χ4v) is 4.43. The summed E-state index contributed by atoms with van der Waals surface area (Å²) in [6.45, 7) is 0.757. The highest BCUT2D eigenvalue weighted by atomic mass is 79.9. The SMILES string of the molecule is COC1CCN(S(=O)(=O)c2ccc(F)cc2Br)C1. The van der Waals surface area contributed by atoms with Crippen LogP contribution in [0.2, 0.25) is 0 Å². The van der Waals surface area contributed by atoms with Gasteiger partial charge in [0, 0.05) is 24.7 Å². The molecule has 4 nitrogen and oxygen atoms in total. The first kappa shape index (κ1) is 13.9. The van der Waals surface area contributed by atoms with Crippen LogP contribution in [0.25, 0.3) is 0 Å². The first-order valence-electron chi connectivity index (χ1n) is 5.43. The van der Waals surface area contributed by atoms with Crippen molar-refractivity contribution in [3.8, 4) is 0 Å². The highest BCUT2D eigenvalue weighted by Gasteiger charge is 2.33. The van der Waals surface area contributed by atoms with Crippen molar-refractivity contribution in [1.82, 2.24) is 4.31 Å². The predicted molar refractivity (Wildman–Crippen MR) is 68.3 cm³/mol. The highest BCUT2D eigenvalue weighted by molar-refractivity contribution is 9.10. The number of ether oxygens (including phenoxy) is 1. The molecule has 2 rings (SSSR count). The maximum Gasteiger partial charge on any atom is 0.244 e. The van der Waals surface area contributed by atoms with E-state index >= 15 is 0 Å². The van der Waals surface area contributed by atoms with E-state index < -0.39 is 15.8 Å². The van der Waals surface area contributed by atoms with Gasteiger partial charge in [0.25, 0.3) is 0 Å². The minimum absolute atomic E-state index is 0.0704. The van der Waals surface area contributed by atoms with E-state index in [4.69, 9.17) is 4.74 Å². The van der Waals surface area contributed by atoms with Gasteiger partial charge in [-0.05, 0) is 40.5 Å². The summed E-state index contributed by atoms with van der Waals surface area (Å²) in [4.78, 5) is 0.0839. The standard InChI is InChI=1S/C11H13BrFNO3S/c1-17-9-4-5-14(7-9)18(15,16)11-3-2-8(13)6-10(11)12/h2-3,6,9H,4-5,7H2,1H3. The average Bonchev–Trinajstić information content (AvgIpc) is 2.77. The molecule has 0 amide bonds. The van der Waals surface area contributed by atoms with Crippen molar-refractivity contribution >= 4 is 26.0 Å². The summed E-state index contributed by atoms with van der Waals surface area (Å²) in [7, 11) is -2.03. The Balaban J connectivity index is 2.31. The van der Waals surface area contributed by atoms with E-state index in [1.54, 1.807) is 7.11 Å². The molecule has 18 heavy (non-hydrogen) atoms. The molecule has 1 fully saturated rings. The lowest BCUT2D eigenvalue weighted by atomic mass is 10.3. The summed E-state index contributed by atoms with van der Waals surface area (Å²) in [6.07, 6.45) is 0.605. The van der Waals surface area contributed by atoms with Gasteiger partial charge in [0.2, 0.25) is 10.0 Å². The van der Waals surface area contributed by atoms with Gasteiger partial charge in [0.1, 0.15) is 5.82 Å². The number of methoxy groups -OCH3 is 1. The Morgan fingerprint density at radius 2 is 2.22 bits per heavy atom. The van der Waals surface area contributed by atoms with E-state index in [9.17, 15) is 12.8 Å². The van der Waals surface area contributed by atoms with E-state index in [0.717, 1.165) is 12.1 Å². The van der Waals surface area contributed by atoms with Gasteiger partial charge in [0.15, 0.2) is 0 Å². The van der Waals surface area contributed by atoms with Crippen molar-refractivity contribution in [3.63, 3.8) is 0 Å². The van der Waals surface area contributed by atoms with Gasteiger partial charge in [-0.2, -0.15) is 4.31 Å². The molecule has 1 aliphatic rings. The minimum Gasteiger partial charge on any atom is -0.380 e. The third-order valence-electron chi connectivity index (χ3n) is 2.95. The van der Waals surface area contributed by atoms with Gasteiger partial charge in [-0.15, -0.1) is 0 Å². The number of hydrogen-bond acceptors (Lipinski definition) is 3. The Labute approximate surface area is 114 Å². The molecule has 0 aromatic heterocycles.